The normalized spacial score (nSPS) is 11.9. The van der Waals surface area contributed by atoms with E-state index in [9.17, 15) is 5.26 Å². The molecule has 0 saturated heterocycles. The number of H-pyrrole nitrogens is 1. The number of methoxy groups -OCH3 is 1. The van der Waals surface area contributed by atoms with Gasteiger partial charge < -0.3 is 9.72 Å². The summed E-state index contributed by atoms with van der Waals surface area (Å²) >= 11 is 0. The zero-order valence-corrected chi connectivity index (χ0v) is 10.7. The quantitative estimate of drug-likeness (QED) is 0.898. The fourth-order valence-electron chi connectivity index (χ4n) is 2.19. The Hall–Kier alpha value is -2.28. The second kappa shape index (κ2) is 4.92. The first-order valence-corrected chi connectivity index (χ1v) is 5.71. The van der Waals surface area contributed by atoms with E-state index in [-0.39, 0.29) is 0 Å². The van der Waals surface area contributed by atoms with Gasteiger partial charge in [0.05, 0.1) is 13.2 Å². The van der Waals surface area contributed by atoms with Gasteiger partial charge in [0.1, 0.15) is 17.5 Å². The molecule has 2 aromatic rings. The Bertz CT molecular complexity index is 582. The summed E-state index contributed by atoms with van der Waals surface area (Å²) in [6, 6.07) is 6.29. The van der Waals surface area contributed by atoms with Crippen LogP contribution in [-0.2, 0) is 0 Å². The summed E-state index contributed by atoms with van der Waals surface area (Å²) < 4.78 is 5.42. The van der Waals surface area contributed by atoms with Crippen LogP contribution in [0.3, 0.4) is 0 Å². The molecule has 1 aromatic heterocycles. The van der Waals surface area contributed by atoms with Crippen LogP contribution in [0.5, 0.6) is 5.75 Å². The SMILES string of the molecule is COc1c(C)cc(C)cc1C(C#N)c1ncc[nH]1. The first-order valence-electron chi connectivity index (χ1n) is 5.71. The number of aromatic nitrogens is 2. The Morgan fingerprint density at radius 2 is 2.17 bits per heavy atom. The smallest absolute Gasteiger partial charge is 0.133 e. The van der Waals surface area contributed by atoms with Crippen molar-refractivity contribution < 1.29 is 4.74 Å². The summed E-state index contributed by atoms with van der Waals surface area (Å²) in [5.41, 5.74) is 2.99. The molecule has 4 nitrogen and oxygen atoms in total. The first kappa shape index (κ1) is 12.2. The molecular weight excluding hydrogens is 226 g/mol. The fraction of sp³-hybridized carbons (Fsp3) is 0.286. The Kier molecular flexibility index (Phi) is 3.33. The summed E-state index contributed by atoms with van der Waals surface area (Å²) in [5.74, 6) is 0.956. The van der Waals surface area contributed by atoms with Gasteiger partial charge in [-0.25, -0.2) is 4.98 Å². The third-order valence-electron chi connectivity index (χ3n) is 2.88. The van der Waals surface area contributed by atoms with Gasteiger partial charge in [-0.2, -0.15) is 5.26 Å². The second-order valence-electron chi connectivity index (χ2n) is 4.24. The first-order chi connectivity index (χ1) is 8.67. The lowest BCUT2D eigenvalue weighted by Crippen LogP contribution is -2.05. The molecule has 4 heteroatoms. The van der Waals surface area contributed by atoms with Crippen molar-refractivity contribution in [2.24, 2.45) is 0 Å². The monoisotopic (exact) mass is 241 g/mol. The van der Waals surface area contributed by atoms with E-state index in [1.165, 1.54) is 0 Å². The predicted octanol–water partition coefficient (Wildman–Crippen LogP) is 2.69. The second-order valence-corrected chi connectivity index (χ2v) is 4.24. The van der Waals surface area contributed by atoms with Gasteiger partial charge in [-0.15, -0.1) is 0 Å². The number of aromatic amines is 1. The number of rotatable bonds is 3. The number of hydrogen-bond donors (Lipinski definition) is 1. The minimum atomic E-state index is -0.437. The Morgan fingerprint density at radius 1 is 1.39 bits per heavy atom. The average molecular weight is 241 g/mol. The Balaban J connectivity index is 2.59. The summed E-state index contributed by atoms with van der Waals surface area (Å²) in [6.07, 6.45) is 3.36. The Morgan fingerprint density at radius 3 is 2.72 bits per heavy atom. The molecule has 1 heterocycles. The number of nitrogens with one attached hydrogen (secondary N) is 1. The number of benzene rings is 1. The van der Waals surface area contributed by atoms with Gasteiger partial charge in [-0.3, -0.25) is 0 Å². The lowest BCUT2D eigenvalue weighted by molar-refractivity contribution is 0.406. The highest BCUT2D eigenvalue weighted by Crippen LogP contribution is 2.33. The maximum Gasteiger partial charge on any atom is 0.133 e. The van der Waals surface area contributed by atoms with Crippen molar-refractivity contribution >= 4 is 0 Å². The fourth-order valence-corrected chi connectivity index (χ4v) is 2.19. The molecule has 1 N–H and O–H groups in total. The van der Waals surface area contributed by atoms with E-state index in [2.05, 4.69) is 16.0 Å². The summed E-state index contributed by atoms with van der Waals surface area (Å²) in [7, 11) is 1.62. The molecule has 0 saturated carbocycles. The lowest BCUT2D eigenvalue weighted by Gasteiger charge is -2.15. The van der Waals surface area contributed by atoms with Crippen molar-refractivity contribution in [2.45, 2.75) is 19.8 Å². The molecular formula is C14H15N3O. The van der Waals surface area contributed by atoms with E-state index in [4.69, 9.17) is 4.74 Å². The van der Waals surface area contributed by atoms with E-state index in [1.807, 2.05) is 26.0 Å². The molecule has 1 aromatic carbocycles. The maximum absolute atomic E-state index is 9.39. The molecule has 0 aliphatic heterocycles. The minimum absolute atomic E-state index is 0.437. The number of imidazole rings is 1. The molecule has 1 atom stereocenters. The molecule has 0 fully saturated rings. The molecule has 2 rings (SSSR count). The molecule has 0 aliphatic rings. The van der Waals surface area contributed by atoms with Crippen molar-refractivity contribution in [1.29, 1.82) is 5.26 Å². The number of aryl methyl sites for hydroxylation is 2. The molecule has 0 radical (unpaired) electrons. The van der Waals surface area contributed by atoms with Crippen molar-refractivity contribution in [3.05, 3.63) is 47.0 Å². The predicted molar refractivity (Wildman–Crippen MR) is 68.5 cm³/mol. The molecule has 92 valence electrons. The number of hydrogen-bond acceptors (Lipinski definition) is 3. The van der Waals surface area contributed by atoms with E-state index in [1.54, 1.807) is 19.5 Å². The van der Waals surface area contributed by atoms with Gasteiger partial charge in [-0.1, -0.05) is 17.7 Å². The van der Waals surface area contributed by atoms with Gasteiger partial charge in [0.2, 0.25) is 0 Å². The zero-order chi connectivity index (χ0) is 13.1. The molecule has 0 spiro atoms. The van der Waals surface area contributed by atoms with Crippen molar-refractivity contribution in [3.63, 3.8) is 0 Å². The highest BCUT2D eigenvalue weighted by Gasteiger charge is 2.21. The number of nitrogens with zero attached hydrogens (tertiary/aromatic N) is 2. The largest absolute Gasteiger partial charge is 0.496 e. The van der Waals surface area contributed by atoms with E-state index >= 15 is 0 Å². The molecule has 0 amide bonds. The summed E-state index contributed by atoms with van der Waals surface area (Å²) in [4.78, 5) is 7.15. The van der Waals surface area contributed by atoms with Gasteiger partial charge in [-0.05, 0) is 19.4 Å². The highest BCUT2D eigenvalue weighted by atomic mass is 16.5. The zero-order valence-electron chi connectivity index (χ0n) is 10.7. The van der Waals surface area contributed by atoms with Crippen LogP contribution in [0.2, 0.25) is 0 Å². The molecule has 0 aliphatic carbocycles. The molecule has 0 bridgehead atoms. The van der Waals surface area contributed by atoms with Crippen LogP contribution in [0.1, 0.15) is 28.4 Å². The van der Waals surface area contributed by atoms with Gasteiger partial charge in [0.25, 0.3) is 0 Å². The van der Waals surface area contributed by atoms with Crippen molar-refractivity contribution in [3.8, 4) is 11.8 Å². The van der Waals surface area contributed by atoms with Gasteiger partial charge >= 0.3 is 0 Å². The standard InChI is InChI=1S/C14H15N3O/c1-9-6-10(2)13(18-3)11(7-9)12(8-15)14-16-4-5-17-14/h4-7,12H,1-3H3,(H,16,17). The van der Waals surface area contributed by atoms with Gasteiger partial charge in [0.15, 0.2) is 0 Å². The summed E-state index contributed by atoms with van der Waals surface area (Å²) in [5, 5.41) is 9.39. The van der Waals surface area contributed by atoms with Crippen LogP contribution >= 0.6 is 0 Å². The van der Waals surface area contributed by atoms with E-state index in [0.29, 0.717) is 5.82 Å². The van der Waals surface area contributed by atoms with Crippen LogP contribution in [-0.4, -0.2) is 17.1 Å². The highest BCUT2D eigenvalue weighted by molar-refractivity contribution is 5.49. The van der Waals surface area contributed by atoms with E-state index < -0.39 is 5.92 Å². The minimum Gasteiger partial charge on any atom is -0.496 e. The maximum atomic E-state index is 9.39. The van der Waals surface area contributed by atoms with Crippen LogP contribution in [0, 0.1) is 25.2 Å². The third-order valence-corrected chi connectivity index (χ3v) is 2.88. The number of nitriles is 1. The third kappa shape index (κ3) is 2.07. The molecule has 1 unspecified atom stereocenters. The Labute approximate surface area is 106 Å². The number of ether oxygens (including phenoxy) is 1. The average Bonchev–Trinajstić information content (AvgIpc) is 2.83. The molecule has 18 heavy (non-hydrogen) atoms. The topological polar surface area (TPSA) is 61.7 Å². The van der Waals surface area contributed by atoms with Crippen LogP contribution < -0.4 is 4.74 Å². The summed E-state index contributed by atoms with van der Waals surface area (Å²) in [6.45, 7) is 3.98. The van der Waals surface area contributed by atoms with Crippen molar-refractivity contribution in [2.75, 3.05) is 7.11 Å². The lowest BCUT2D eigenvalue weighted by atomic mass is 9.94. The van der Waals surface area contributed by atoms with Crippen LogP contribution in [0.15, 0.2) is 24.5 Å². The van der Waals surface area contributed by atoms with Crippen molar-refractivity contribution in [1.82, 2.24) is 9.97 Å². The van der Waals surface area contributed by atoms with Crippen LogP contribution in [0.4, 0.5) is 0 Å². The van der Waals surface area contributed by atoms with E-state index in [0.717, 1.165) is 22.4 Å². The van der Waals surface area contributed by atoms with Gasteiger partial charge in [0, 0.05) is 18.0 Å². The van der Waals surface area contributed by atoms with Crippen LogP contribution in [0.25, 0.3) is 0 Å².